The minimum atomic E-state index is -3.76. The van der Waals surface area contributed by atoms with E-state index in [1.54, 1.807) is 31.2 Å². The lowest BCUT2D eigenvalue weighted by Gasteiger charge is -2.24. The molecule has 0 aliphatic heterocycles. The third kappa shape index (κ3) is 6.74. The number of nitrogens with one attached hydrogen (secondary N) is 2. The zero-order chi connectivity index (χ0) is 21.6. The van der Waals surface area contributed by atoms with Gasteiger partial charge < -0.3 is 10.1 Å². The minimum absolute atomic E-state index is 0.0399. The van der Waals surface area contributed by atoms with Gasteiger partial charge in [0.1, 0.15) is 6.54 Å². The van der Waals surface area contributed by atoms with E-state index in [1.807, 2.05) is 0 Å². The molecule has 0 aromatic heterocycles. The molecule has 10 heteroatoms. The van der Waals surface area contributed by atoms with E-state index < -0.39 is 40.6 Å². The van der Waals surface area contributed by atoms with Crippen molar-refractivity contribution in [2.45, 2.75) is 51.7 Å². The van der Waals surface area contributed by atoms with Crippen LogP contribution in [0.2, 0.25) is 0 Å². The molecule has 9 nitrogen and oxygen atoms in total. The summed E-state index contributed by atoms with van der Waals surface area (Å²) in [7, 11) is -3.76. The summed E-state index contributed by atoms with van der Waals surface area (Å²) in [6, 6.07) is 6.11. The summed E-state index contributed by atoms with van der Waals surface area (Å²) in [5.41, 5.74) is 1.01. The molecule has 1 saturated carbocycles. The highest BCUT2D eigenvalue weighted by Crippen LogP contribution is 2.22. The molecule has 1 aromatic rings. The molecule has 29 heavy (non-hydrogen) atoms. The number of urea groups is 1. The summed E-state index contributed by atoms with van der Waals surface area (Å²) in [5, 5.41) is 4.84. The van der Waals surface area contributed by atoms with Crippen molar-refractivity contribution in [1.29, 1.82) is 0 Å². The normalized spacial score (nSPS) is 15.4. The maximum Gasteiger partial charge on any atom is 0.327 e. The number of hydrogen-bond acceptors (Lipinski definition) is 6. The first-order valence-electron chi connectivity index (χ1n) is 9.42. The predicted molar refractivity (Wildman–Crippen MR) is 108 cm³/mol. The topological polar surface area (TPSA) is 122 Å². The third-order valence-corrected chi connectivity index (χ3v) is 5.79. The largest absolute Gasteiger partial charge is 0.451 e. The van der Waals surface area contributed by atoms with E-state index in [0.29, 0.717) is 11.3 Å². The maximum atomic E-state index is 12.3. The first kappa shape index (κ1) is 22.7. The molecule has 1 aliphatic carbocycles. The van der Waals surface area contributed by atoms with Crippen LogP contribution in [0.1, 0.15) is 38.2 Å². The molecule has 1 unspecified atom stereocenters. The lowest BCUT2D eigenvalue weighted by atomic mass is 10.2. The maximum absolute atomic E-state index is 12.3. The molecule has 1 fully saturated rings. The van der Waals surface area contributed by atoms with Crippen molar-refractivity contribution < 1.29 is 27.5 Å². The van der Waals surface area contributed by atoms with Gasteiger partial charge in [-0.15, -0.1) is 0 Å². The second-order valence-electron chi connectivity index (χ2n) is 7.13. The van der Waals surface area contributed by atoms with Crippen LogP contribution in [-0.2, 0) is 24.3 Å². The van der Waals surface area contributed by atoms with Crippen molar-refractivity contribution in [3.05, 3.63) is 29.8 Å². The number of hydrogen-bond donors (Lipinski definition) is 2. The lowest BCUT2D eigenvalue weighted by molar-refractivity contribution is -0.152. The molecule has 2 N–H and O–H groups in total. The first-order valence-corrected chi connectivity index (χ1v) is 11.3. The van der Waals surface area contributed by atoms with Crippen molar-refractivity contribution in [2.24, 2.45) is 0 Å². The average Bonchev–Trinajstić information content (AvgIpc) is 3.12. The van der Waals surface area contributed by atoms with Crippen LogP contribution in [0.5, 0.6) is 0 Å². The first-order chi connectivity index (χ1) is 13.6. The van der Waals surface area contributed by atoms with Crippen molar-refractivity contribution in [3.63, 3.8) is 0 Å². The number of carbonyl (C=O) groups excluding carboxylic acids is 3. The predicted octanol–water partition coefficient (Wildman–Crippen LogP) is 1.46. The number of anilines is 1. The van der Waals surface area contributed by atoms with Crippen LogP contribution in [0.3, 0.4) is 0 Å². The van der Waals surface area contributed by atoms with Gasteiger partial charge in [-0.05, 0) is 38.3 Å². The summed E-state index contributed by atoms with van der Waals surface area (Å²) < 4.78 is 30.2. The number of benzene rings is 1. The van der Waals surface area contributed by atoms with E-state index in [2.05, 4.69) is 10.6 Å². The number of aryl methyl sites for hydroxylation is 1. The van der Waals surface area contributed by atoms with Crippen LogP contribution >= 0.6 is 0 Å². The molecular formula is C19H27N3O6S. The van der Waals surface area contributed by atoms with Gasteiger partial charge in [0.05, 0.1) is 11.9 Å². The molecule has 1 aromatic carbocycles. The number of amides is 3. The highest BCUT2D eigenvalue weighted by molar-refractivity contribution is 7.92. The van der Waals surface area contributed by atoms with Gasteiger partial charge in [-0.3, -0.25) is 19.2 Å². The fourth-order valence-corrected chi connectivity index (χ4v) is 4.04. The van der Waals surface area contributed by atoms with Crippen LogP contribution < -0.4 is 14.9 Å². The molecule has 0 heterocycles. The van der Waals surface area contributed by atoms with E-state index in [4.69, 9.17) is 4.74 Å². The van der Waals surface area contributed by atoms with E-state index in [0.717, 1.165) is 36.2 Å². The Hall–Kier alpha value is -2.62. The zero-order valence-corrected chi connectivity index (χ0v) is 17.6. The van der Waals surface area contributed by atoms with Crippen molar-refractivity contribution in [2.75, 3.05) is 17.1 Å². The molecule has 0 radical (unpaired) electrons. The molecule has 1 atom stereocenters. The standard InChI is InChI=1S/C19H27N3O6S/c1-13-8-4-7-11-16(13)22(29(3,26)27)12-17(23)28-14(2)18(24)21-19(25)20-15-9-5-6-10-15/h4,7-8,11,14-15H,5-6,9-10,12H2,1-3H3,(H2,20,21,24,25). The number of esters is 1. The number of ether oxygens (including phenoxy) is 1. The van der Waals surface area contributed by atoms with Gasteiger partial charge in [-0.2, -0.15) is 0 Å². The Bertz CT molecular complexity index is 864. The van der Waals surface area contributed by atoms with Gasteiger partial charge >= 0.3 is 12.0 Å². The number of nitrogens with zero attached hydrogens (tertiary/aromatic N) is 1. The quantitative estimate of drug-likeness (QED) is 0.638. The van der Waals surface area contributed by atoms with Crippen LogP contribution in [0.4, 0.5) is 10.5 Å². The number of sulfonamides is 1. The Morgan fingerprint density at radius 2 is 1.83 bits per heavy atom. The highest BCUT2D eigenvalue weighted by atomic mass is 32.2. The highest BCUT2D eigenvalue weighted by Gasteiger charge is 2.26. The lowest BCUT2D eigenvalue weighted by Crippen LogP contribution is -2.48. The number of imide groups is 1. The Morgan fingerprint density at radius 3 is 2.41 bits per heavy atom. The summed E-state index contributed by atoms with van der Waals surface area (Å²) in [6.07, 6.45) is 3.53. The molecule has 160 valence electrons. The van der Waals surface area contributed by atoms with Crippen molar-refractivity contribution in [3.8, 4) is 0 Å². The number of para-hydroxylation sites is 1. The van der Waals surface area contributed by atoms with E-state index in [-0.39, 0.29) is 6.04 Å². The molecule has 0 bridgehead atoms. The number of carbonyl (C=O) groups is 3. The minimum Gasteiger partial charge on any atom is -0.451 e. The SMILES string of the molecule is Cc1ccccc1N(CC(=O)OC(C)C(=O)NC(=O)NC1CCCC1)S(C)(=O)=O. The van der Waals surface area contributed by atoms with Crippen LogP contribution in [0, 0.1) is 6.92 Å². The zero-order valence-electron chi connectivity index (χ0n) is 16.8. The monoisotopic (exact) mass is 425 g/mol. The van der Waals surface area contributed by atoms with Crippen LogP contribution in [-0.4, -0.2) is 51.3 Å². The summed E-state index contributed by atoms with van der Waals surface area (Å²) in [6.45, 7) is 2.45. The average molecular weight is 426 g/mol. The van der Waals surface area contributed by atoms with E-state index >= 15 is 0 Å². The van der Waals surface area contributed by atoms with Gasteiger partial charge in [0.15, 0.2) is 6.10 Å². The molecular weight excluding hydrogens is 398 g/mol. The Kier molecular flexibility index (Phi) is 7.60. The fraction of sp³-hybridized carbons (Fsp3) is 0.526. The van der Waals surface area contributed by atoms with Crippen LogP contribution in [0.25, 0.3) is 0 Å². The third-order valence-electron chi connectivity index (χ3n) is 4.66. The van der Waals surface area contributed by atoms with E-state index in [9.17, 15) is 22.8 Å². The number of rotatable bonds is 7. The van der Waals surface area contributed by atoms with E-state index in [1.165, 1.54) is 6.92 Å². The Labute approximate surface area is 170 Å². The molecule has 3 amide bonds. The Morgan fingerprint density at radius 1 is 1.21 bits per heavy atom. The van der Waals surface area contributed by atoms with Gasteiger partial charge in [-0.25, -0.2) is 13.2 Å². The Balaban J connectivity index is 1.94. The van der Waals surface area contributed by atoms with Crippen LogP contribution in [0.15, 0.2) is 24.3 Å². The smallest absolute Gasteiger partial charge is 0.327 e. The fourth-order valence-electron chi connectivity index (χ4n) is 3.13. The molecule has 2 rings (SSSR count). The molecule has 0 spiro atoms. The summed E-state index contributed by atoms with van der Waals surface area (Å²) >= 11 is 0. The second kappa shape index (κ2) is 9.73. The molecule has 0 saturated heterocycles. The summed E-state index contributed by atoms with van der Waals surface area (Å²) in [5.74, 6) is -1.69. The van der Waals surface area contributed by atoms with Crippen molar-refractivity contribution >= 4 is 33.6 Å². The van der Waals surface area contributed by atoms with Gasteiger partial charge in [0.2, 0.25) is 10.0 Å². The second-order valence-corrected chi connectivity index (χ2v) is 9.04. The van der Waals surface area contributed by atoms with Gasteiger partial charge in [0, 0.05) is 6.04 Å². The van der Waals surface area contributed by atoms with Crippen molar-refractivity contribution in [1.82, 2.24) is 10.6 Å². The summed E-state index contributed by atoms with van der Waals surface area (Å²) in [4.78, 5) is 36.2. The van der Waals surface area contributed by atoms with Gasteiger partial charge in [-0.1, -0.05) is 31.0 Å². The molecule has 1 aliphatic rings. The van der Waals surface area contributed by atoms with Gasteiger partial charge in [0.25, 0.3) is 5.91 Å².